The summed E-state index contributed by atoms with van der Waals surface area (Å²) in [6, 6.07) is 4.81. The molecule has 0 amide bonds. The fourth-order valence-electron chi connectivity index (χ4n) is 2.72. The van der Waals surface area contributed by atoms with Crippen molar-refractivity contribution in [2.24, 2.45) is 0 Å². The maximum atomic E-state index is 11.6. The third kappa shape index (κ3) is 2.45. The van der Waals surface area contributed by atoms with Crippen molar-refractivity contribution in [2.75, 3.05) is 11.4 Å². The Morgan fingerprint density at radius 1 is 1.42 bits per heavy atom. The lowest BCUT2D eigenvalue weighted by molar-refractivity contribution is -0.385. The molecule has 0 atom stereocenters. The predicted octanol–water partition coefficient (Wildman–Crippen LogP) is 3.18. The first-order valence-corrected chi connectivity index (χ1v) is 6.40. The van der Waals surface area contributed by atoms with Gasteiger partial charge in [0.05, 0.1) is 10.5 Å². The summed E-state index contributed by atoms with van der Waals surface area (Å²) in [6.45, 7) is 6.58. The average Bonchev–Trinajstić information content (AvgIpc) is 2.68. The molecule has 102 valence electrons. The van der Waals surface area contributed by atoms with Crippen LogP contribution in [0.5, 0.6) is 0 Å². The van der Waals surface area contributed by atoms with E-state index in [0.29, 0.717) is 0 Å². The number of carbonyl (C=O) groups excluding carboxylic acids is 1. The molecule has 1 aliphatic heterocycles. The van der Waals surface area contributed by atoms with Crippen molar-refractivity contribution in [1.82, 2.24) is 0 Å². The molecule has 2 rings (SSSR count). The van der Waals surface area contributed by atoms with Crippen LogP contribution in [0.1, 0.15) is 44.0 Å². The lowest BCUT2D eigenvalue weighted by Crippen LogP contribution is -2.38. The maximum Gasteiger partial charge on any atom is 0.280 e. The Morgan fingerprint density at radius 3 is 2.58 bits per heavy atom. The molecule has 0 saturated carbocycles. The third-order valence-corrected chi connectivity index (χ3v) is 3.77. The second-order valence-electron chi connectivity index (χ2n) is 5.58. The highest BCUT2D eigenvalue weighted by Crippen LogP contribution is 2.35. The number of nitro benzene ring substituents is 1. The fourth-order valence-corrected chi connectivity index (χ4v) is 2.72. The number of anilines is 1. The van der Waals surface area contributed by atoms with Gasteiger partial charge in [-0.25, -0.2) is 0 Å². The Kier molecular flexibility index (Phi) is 3.30. The second kappa shape index (κ2) is 4.64. The van der Waals surface area contributed by atoms with E-state index in [1.165, 1.54) is 13.0 Å². The molecule has 1 aromatic rings. The standard InChI is InChI=1S/C14H18N2O3/c1-10(17)12-9-11(5-6-13(12)16(18)19)15-8-4-7-14(15,2)3/h5-6,9H,4,7-8H2,1-3H3. The number of hydrogen-bond acceptors (Lipinski definition) is 4. The van der Waals surface area contributed by atoms with Crippen molar-refractivity contribution in [1.29, 1.82) is 0 Å². The van der Waals surface area contributed by atoms with Crippen LogP contribution in [0.25, 0.3) is 0 Å². The van der Waals surface area contributed by atoms with Gasteiger partial charge in [-0.3, -0.25) is 14.9 Å². The van der Waals surface area contributed by atoms with Crippen LogP contribution in [0.2, 0.25) is 0 Å². The molecule has 1 fully saturated rings. The van der Waals surface area contributed by atoms with Gasteiger partial charge in [0.1, 0.15) is 0 Å². The van der Waals surface area contributed by atoms with Crippen molar-refractivity contribution in [3.8, 4) is 0 Å². The zero-order valence-electron chi connectivity index (χ0n) is 11.5. The summed E-state index contributed by atoms with van der Waals surface area (Å²) in [5.41, 5.74) is 0.987. The van der Waals surface area contributed by atoms with Crippen LogP contribution in [0.15, 0.2) is 18.2 Å². The molecule has 0 bridgehead atoms. The van der Waals surface area contributed by atoms with E-state index in [1.807, 2.05) is 0 Å². The number of hydrogen-bond donors (Lipinski definition) is 0. The minimum atomic E-state index is -0.504. The molecular weight excluding hydrogens is 244 g/mol. The van der Waals surface area contributed by atoms with Gasteiger partial charge >= 0.3 is 0 Å². The quantitative estimate of drug-likeness (QED) is 0.477. The van der Waals surface area contributed by atoms with Gasteiger partial charge in [-0.1, -0.05) is 0 Å². The van der Waals surface area contributed by atoms with E-state index in [0.717, 1.165) is 25.1 Å². The highest BCUT2D eigenvalue weighted by molar-refractivity contribution is 5.99. The Morgan fingerprint density at radius 2 is 2.11 bits per heavy atom. The van der Waals surface area contributed by atoms with Crippen molar-refractivity contribution in [2.45, 2.75) is 39.2 Å². The van der Waals surface area contributed by atoms with Crippen LogP contribution in [-0.2, 0) is 0 Å². The number of nitro groups is 1. The van der Waals surface area contributed by atoms with Crippen molar-refractivity contribution in [3.63, 3.8) is 0 Å². The molecule has 1 heterocycles. The molecule has 0 radical (unpaired) electrons. The highest BCUT2D eigenvalue weighted by atomic mass is 16.6. The Bertz CT molecular complexity index is 537. The second-order valence-corrected chi connectivity index (χ2v) is 5.58. The molecule has 0 aromatic heterocycles. The Balaban J connectivity index is 2.47. The predicted molar refractivity (Wildman–Crippen MR) is 73.8 cm³/mol. The Hall–Kier alpha value is -1.91. The van der Waals surface area contributed by atoms with E-state index < -0.39 is 4.92 Å². The normalized spacial score (nSPS) is 17.5. The van der Waals surface area contributed by atoms with Gasteiger partial charge in [0.2, 0.25) is 0 Å². The number of rotatable bonds is 3. The van der Waals surface area contributed by atoms with Crippen molar-refractivity contribution < 1.29 is 9.72 Å². The smallest absolute Gasteiger partial charge is 0.280 e. The van der Waals surface area contributed by atoms with E-state index in [-0.39, 0.29) is 22.6 Å². The van der Waals surface area contributed by atoms with Crippen LogP contribution in [0.4, 0.5) is 11.4 Å². The van der Waals surface area contributed by atoms with Gasteiger partial charge < -0.3 is 4.90 Å². The van der Waals surface area contributed by atoms with E-state index in [4.69, 9.17) is 0 Å². The van der Waals surface area contributed by atoms with Crippen LogP contribution in [0, 0.1) is 10.1 Å². The minimum absolute atomic E-state index is 0.0319. The summed E-state index contributed by atoms with van der Waals surface area (Å²) in [5, 5.41) is 10.9. The number of Topliss-reactive ketones (excluding diaryl/α,β-unsaturated/α-hetero) is 1. The summed E-state index contributed by atoms with van der Waals surface area (Å²) in [7, 11) is 0. The fraction of sp³-hybridized carbons (Fsp3) is 0.500. The molecule has 0 unspecified atom stereocenters. The lowest BCUT2D eigenvalue weighted by atomic mass is 10.0. The van der Waals surface area contributed by atoms with Gasteiger partial charge in [-0.2, -0.15) is 0 Å². The molecule has 1 saturated heterocycles. The van der Waals surface area contributed by atoms with Crippen LogP contribution >= 0.6 is 0 Å². The molecule has 1 aromatic carbocycles. The first-order chi connectivity index (χ1) is 8.83. The summed E-state index contributed by atoms with van der Waals surface area (Å²) < 4.78 is 0. The summed E-state index contributed by atoms with van der Waals surface area (Å²) in [4.78, 5) is 24.2. The molecule has 5 heteroatoms. The molecule has 0 aliphatic carbocycles. The van der Waals surface area contributed by atoms with Crippen LogP contribution < -0.4 is 4.90 Å². The number of ketones is 1. The number of nitrogens with zero attached hydrogens (tertiary/aromatic N) is 2. The summed E-state index contributed by atoms with van der Waals surface area (Å²) in [5.74, 6) is -0.273. The first-order valence-electron chi connectivity index (χ1n) is 6.40. The highest BCUT2D eigenvalue weighted by Gasteiger charge is 2.33. The molecule has 1 aliphatic rings. The molecule has 0 spiro atoms. The van der Waals surface area contributed by atoms with Gasteiger partial charge in [0, 0.05) is 23.8 Å². The lowest BCUT2D eigenvalue weighted by Gasteiger charge is -2.33. The zero-order valence-corrected chi connectivity index (χ0v) is 11.5. The topological polar surface area (TPSA) is 63.5 Å². The maximum absolute atomic E-state index is 11.6. The minimum Gasteiger partial charge on any atom is -0.366 e. The third-order valence-electron chi connectivity index (χ3n) is 3.77. The summed E-state index contributed by atoms with van der Waals surface area (Å²) in [6.07, 6.45) is 2.18. The molecule has 19 heavy (non-hydrogen) atoms. The van der Waals surface area contributed by atoms with E-state index in [2.05, 4.69) is 18.7 Å². The molecular formula is C14H18N2O3. The number of carbonyl (C=O) groups is 1. The van der Waals surface area contributed by atoms with Crippen molar-refractivity contribution in [3.05, 3.63) is 33.9 Å². The van der Waals surface area contributed by atoms with Gasteiger partial charge in [0.15, 0.2) is 5.78 Å². The van der Waals surface area contributed by atoms with Crippen molar-refractivity contribution >= 4 is 17.2 Å². The van der Waals surface area contributed by atoms with Crippen LogP contribution in [-0.4, -0.2) is 22.8 Å². The van der Waals surface area contributed by atoms with Gasteiger partial charge in [-0.15, -0.1) is 0 Å². The van der Waals surface area contributed by atoms with Gasteiger partial charge in [0.25, 0.3) is 5.69 Å². The van der Waals surface area contributed by atoms with E-state index in [9.17, 15) is 14.9 Å². The van der Waals surface area contributed by atoms with Gasteiger partial charge in [-0.05, 0) is 45.7 Å². The van der Waals surface area contributed by atoms with E-state index >= 15 is 0 Å². The van der Waals surface area contributed by atoms with Crippen LogP contribution in [0.3, 0.4) is 0 Å². The zero-order chi connectivity index (χ0) is 14.2. The first kappa shape index (κ1) is 13.5. The average molecular weight is 262 g/mol. The number of benzene rings is 1. The SMILES string of the molecule is CC(=O)c1cc(N2CCCC2(C)C)ccc1[N+](=O)[O-]. The monoisotopic (exact) mass is 262 g/mol. The largest absolute Gasteiger partial charge is 0.366 e. The molecule has 5 nitrogen and oxygen atoms in total. The molecule has 0 N–H and O–H groups in total. The Labute approximate surface area is 112 Å². The summed E-state index contributed by atoms with van der Waals surface area (Å²) >= 11 is 0. The van der Waals surface area contributed by atoms with E-state index in [1.54, 1.807) is 12.1 Å².